The number of nitrogens with zero attached hydrogens (tertiary/aromatic N) is 3. The minimum Gasteiger partial charge on any atom is -0.478 e. The molecule has 0 radical (unpaired) electrons. The molecule has 2 aromatic heterocycles. The SMILES string of the molecule is CCCCOC[C@@H](Oc1ccc(F)c(C#N)c1F)c1nc2cc(Cl)cnc2s1. The van der Waals surface area contributed by atoms with Gasteiger partial charge >= 0.3 is 0 Å². The molecule has 0 fully saturated rings. The zero-order chi connectivity index (χ0) is 20.1. The Hall–Kier alpha value is -2.34. The highest BCUT2D eigenvalue weighted by molar-refractivity contribution is 7.18. The Kier molecular flexibility index (Phi) is 6.73. The van der Waals surface area contributed by atoms with Crippen LogP contribution in [0.3, 0.4) is 0 Å². The molecule has 0 spiro atoms. The summed E-state index contributed by atoms with van der Waals surface area (Å²) in [4.78, 5) is 9.33. The van der Waals surface area contributed by atoms with Gasteiger partial charge in [0.1, 0.15) is 32.8 Å². The second-order valence-corrected chi connectivity index (χ2v) is 7.36. The van der Waals surface area contributed by atoms with Crippen LogP contribution < -0.4 is 4.74 Å². The highest BCUT2D eigenvalue weighted by atomic mass is 35.5. The first-order chi connectivity index (χ1) is 13.5. The van der Waals surface area contributed by atoms with Gasteiger partial charge in [-0.15, -0.1) is 0 Å². The average molecular weight is 424 g/mol. The van der Waals surface area contributed by atoms with Gasteiger partial charge in [-0.05, 0) is 24.6 Å². The monoisotopic (exact) mass is 423 g/mol. The number of rotatable bonds is 8. The Balaban J connectivity index is 1.91. The van der Waals surface area contributed by atoms with Crippen molar-refractivity contribution >= 4 is 33.3 Å². The molecule has 0 amide bonds. The van der Waals surface area contributed by atoms with E-state index in [9.17, 15) is 8.78 Å². The average Bonchev–Trinajstić information content (AvgIpc) is 3.09. The minimum atomic E-state index is -1.05. The fraction of sp³-hybridized carbons (Fsp3) is 0.316. The zero-order valence-electron chi connectivity index (χ0n) is 14.9. The van der Waals surface area contributed by atoms with Crippen LogP contribution in [0.2, 0.25) is 5.02 Å². The topological polar surface area (TPSA) is 68.0 Å². The molecule has 0 aliphatic rings. The van der Waals surface area contributed by atoms with E-state index in [-0.39, 0.29) is 12.4 Å². The van der Waals surface area contributed by atoms with Crippen LogP contribution in [0.1, 0.15) is 36.4 Å². The first kappa shape index (κ1) is 20.4. The minimum absolute atomic E-state index is 0.117. The van der Waals surface area contributed by atoms with Crippen LogP contribution in [0.15, 0.2) is 24.4 Å². The summed E-state index contributed by atoms with van der Waals surface area (Å²) in [5.74, 6) is -2.24. The number of hydrogen-bond donors (Lipinski definition) is 0. The molecule has 1 atom stereocenters. The van der Waals surface area contributed by atoms with E-state index in [1.807, 2.05) is 6.92 Å². The van der Waals surface area contributed by atoms with Crippen molar-refractivity contribution in [1.82, 2.24) is 9.97 Å². The molecule has 0 saturated carbocycles. The molecule has 9 heteroatoms. The lowest BCUT2D eigenvalue weighted by molar-refractivity contribution is 0.0461. The zero-order valence-corrected chi connectivity index (χ0v) is 16.5. The van der Waals surface area contributed by atoms with E-state index in [2.05, 4.69) is 9.97 Å². The Morgan fingerprint density at radius 3 is 2.93 bits per heavy atom. The number of halogens is 3. The van der Waals surface area contributed by atoms with Gasteiger partial charge in [-0.25, -0.2) is 18.7 Å². The van der Waals surface area contributed by atoms with E-state index < -0.39 is 23.3 Å². The van der Waals surface area contributed by atoms with Crippen molar-refractivity contribution in [3.05, 3.63) is 51.6 Å². The third-order valence-corrected chi connectivity index (χ3v) is 5.13. The second-order valence-electron chi connectivity index (χ2n) is 5.91. The summed E-state index contributed by atoms with van der Waals surface area (Å²) in [5.41, 5.74) is -0.104. The van der Waals surface area contributed by atoms with Crippen molar-refractivity contribution in [2.45, 2.75) is 25.9 Å². The van der Waals surface area contributed by atoms with Crippen molar-refractivity contribution in [3.63, 3.8) is 0 Å². The Morgan fingerprint density at radius 2 is 2.18 bits per heavy atom. The van der Waals surface area contributed by atoms with Crippen molar-refractivity contribution in [3.8, 4) is 11.8 Å². The van der Waals surface area contributed by atoms with Gasteiger partial charge in [0.25, 0.3) is 0 Å². The van der Waals surface area contributed by atoms with Gasteiger partial charge in [-0.3, -0.25) is 0 Å². The number of hydrogen-bond acceptors (Lipinski definition) is 6. The molecule has 0 bridgehead atoms. The molecular weight excluding hydrogens is 408 g/mol. The quantitative estimate of drug-likeness (QED) is 0.452. The van der Waals surface area contributed by atoms with Crippen molar-refractivity contribution in [2.24, 2.45) is 0 Å². The van der Waals surface area contributed by atoms with Crippen molar-refractivity contribution in [1.29, 1.82) is 5.26 Å². The summed E-state index contributed by atoms with van der Waals surface area (Å²) >= 11 is 7.22. The molecule has 0 N–H and O–H groups in total. The summed E-state index contributed by atoms with van der Waals surface area (Å²) < 4.78 is 39.4. The molecule has 2 heterocycles. The Labute approximate surface area is 169 Å². The van der Waals surface area contributed by atoms with Gasteiger partial charge in [0, 0.05) is 12.8 Å². The Morgan fingerprint density at radius 1 is 1.36 bits per heavy atom. The number of thiazole rings is 1. The lowest BCUT2D eigenvalue weighted by Gasteiger charge is -2.18. The van der Waals surface area contributed by atoms with Gasteiger partial charge in [0.15, 0.2) is 17.7 Å². The maximum absolute atomic E-state index is 14.4. The molecule has 0 saturated heterocycles. The summed E-state index contributed by atoms with van der Waals surface area (Å²) in [6.07, 6.45) is 2.60. The number of unbranched alkanes of at least 4 members (excludes halogenated alkanes) is 1. The molecule has 5 nitrogen and oxygen atoms in total. The lowest BCUT2D eigenvalue weighted by atomic mass is 10.2. The number of ether oxygens (including phenoxy) is 2. The molecule has 28 heavy (non-hydrogen) atoms. The molecule has 3 aromatic rings. The highest BCUT2D eigenvalue weighted by Gasteiger charge is 2.23. The standard InChI is InChI=1S/C19H16ClF2N3O2S/c1-2-3-6-26-10-16(19-25-14-7-11(20)9-24-18(14)28-19)27-15-5-4-13(21)12(8-23)17(15)22/h4-5,7,9,16H,2-3,6,10H2,1H3/t16-/m1/s1. The molecule has 0 aliphatic heterocycles. The van der Waals surface area contributed by atoms with Crippen LogP contribution in [0.5, 0.6) is 5.75 Å². The van der Waals surface area contributed by atoms with Gasteiger partial charge < -0.3 is 9.47 Å². The van der Waals surface area contributed by atoms with Crippen LogP contribution in [-0.4, -0.2) is 23.2 Å². The summed E-state index contributed by atoms with van der Waals surface area (Å²) in [6, 6.07) is 5.31. The molecule has 1 aromatic carbocycles. The fourth-order valence-corrected chi connectivity index (χ4v) is 3.48. The van der Waals surface area contributed by atoms with Crippen LogP contribution in [0.4, 0.5) is 8.78 Å². The maximum Gasteiger partial charge on any atom is 0.185 e. The smallest absolute Gasteiger partial charge is 0.185 e. The molecule has 0 aliphatic carbocycles. The number of benzene rings is 1. The number of pyridine rings is 1. The fourth-order valence-electron chi connectivity index (χ4n) is 2.43. The molecule has 146 valence electrons. The molecular formula is C19H16ClF2N3O2S. The first-order valence-corrected chi connectivity index (χ1v) is 9.77. The van der Waals surface area contributed by atoms with E-state index in [4.69, 9.17) is 26.3 Å². The number of aromatic nitrogens is 2. The van der Waals surface area contributed by atoms with Gasteiger partial charge in [-0.1, -0.05) is 36.3 Å². The molecule has 3 rings (SSSR count). The van der Waals surface area contributed by atoms with E-state index in [1.165, 1.54) is 23.6 Å². The van der Waals surface area contributed by atoms with E-state index in [0.717, 1.165) is 25.0 Å². The summed E-state index contributed by atoms with van der Waals surface area (Å²) in [5, 5.41) is 9.92. The van der Waals surface area contributed by atoms with Crippen LogP contribution in [0.25, 0.3) is 10.3 Å². The van der Waals surface area contributed by atoms with Crippen LogP contribution in [0, 0.1) is 23.0 Å². The predicted molar refractivity (Wildman–Crippen MR) is 103 cm³/mol. The highest BCUT2D eigenvalue weighted by Crippen LogP contribution is 2.32. The number of fused-ring (bicyclic) bond motifs is 1. The van der Waals surface area contributed by atoms with Crippen LogP contribution in [-0.2, 0) is 4.74 Å². The van der Waals surface area contributed by atoms with Crippen LogP contribution >= 0.6 is 22.9 Å². The van der Waals surface area contributed by atoms with Crippen molar-refractivity contribution < 1.29 is 18.3 Å². The van der Waals surface area contributed by atoms with E-state index >= 15 is 0 Å². The van der Waals surface area contributed by atoms with Crippen molar-refractivity contribution in [2.75, 3.05) is 13.2 Å². The lowest BCUT2D eigenvalue weighted by Crippen LogP contribution is -2.16. The predicted octanol–water partition coefficient (Wildman–Crippen LogP) is 5.43. The van der Waals surface area contributed by atoms with E-state index in [1.54, 1.807) is 6.07 Å². The summed E-state index contributed by atoms with van der Waals surface area (Å²) in [7, 11) is 0. The van der Waals surface area contributed by atoms with Gasteiger partial charge in [-0.2, -0.15) is 5.26 Å². The largest absolute Gasteiger partial charge is 0.478 e. The van der Waals surface area contributed by atoms with Gasteiger partial charge in [0.2, 0.25) is 0 Å². The first-order valence-electron chi connectivity index (χ1n) is 8.58. The Bertz CT molecular complexity index is 1020. The van der Waals surface area contributed by atoms with Gasteiger partial charge in [0.05, 0.1) is 11.6 Å². The third-order valence-electron chi connectivity index (χ3n) is 3.85. The second kappa shape index (κ2) is 9.24. The molecule has 0 unspecified atom stereocenters. The normalized spacial score (nSPS) is 12.1. The maximum atomic E-state index is 14.4. The van der Waals surface area contributed by atoms with E-state index in [0.29, 0.717) is 27.0 Å². The summed E-state index contributed by atoms with van der Waals surface area (Å²) in [6.45, 7) is 2.67. The number of nitriles is 1. The third kappa shape index (κ3) is 4.55.